The predicted octanol–water partition coefficient (Wildman–Crippen LogP) is 4.97. The lowest BCUT2D eigenvalue weighted by Crippen LogP contribution is -2.54. The van der Waals surface area contributed by atoms with Crippen LogP contribution in [0.5, 0.6) is 11.5 Å². The molecule has 0 radical (unpaired) electrons. The van der Waals surface area contributed by atoms with Crippen molar-refractivity contribution in [2.75, 3.05) is 29.8 Å². The summed E-state index contributed by atoms with van der Waals surface area (Å²) in [4.78, 5) is 29.9. The minimum Gasteiger partial charge on any atom is -0.486 e. The lowest BCUT2D eigenvalue weighted by Gasteiger charge is -2.34. The average molecular weight is 640 g/mol. The summed E-state index contributed by atoms with van der Waals surface area (Å²) in [5, 5.41) is 3.72. The number of halogens is 1. The number of carbonyl (C=O) groups excluding carboxylic acids is 2. The highest BCUT2D eigenvalue weighted by Gasteiger charge is 2.35. The zero-order valence-corrected chi connectivity index (χ0v) is 26.4. The maximum Gasteiger partial charge on any atom is 0.244 e. The number of amides is 2. The average Bonchev–Trinajstić information content (AvgIpc) is 3.55. The second-order valence-corrected chi connectivity index (χ2v) is 13.7. The van der Waals surface area contributed by atoms with Gasteiger partial charge in [0.2, 0.25) is 21.8 Å². The molecule has 9 nitrogen and oxygen atoms in total. The van der Waals surface area contributed by atoms with Crippen LogP contribution in [-0.2, 0) is 32.6 Å². The van der Waals surface area contributed by atoms with Crippen molar-refractivity contribution in [3.05, 3.63) is 88.9 Å². The van der Waals surface area contributed by atoms with Crippen molar-refractivity contribution in [2.45, 2.75) is 57.7 Å². The number of nitrogens with one attached hydrogen (secondary N) is 1. The molecule has 44 heavy (non-hydrogen) atoms. The Morgan fingerprint density at radius 2 is 1.61 bits per heavy atom. The van der Waals surface area contributed by atoms with E-state index in [-0.39, 0.29) is 36.4 Å². The highest BCUT2D eigenvalue weighted by Crippen LogP contribution is 2.35. The third kappa shape index (κ3) is 7.84. The van der Waals surface area contributed by atoms with Gasteiger partial charge in [-0.25, -0.2) is 8.42 Å². The van der Waals surface area contributed by atoms with Crippen LogP contribution in [0.3, 0.4) is 0 Å². The highest BCUT2D eigenvalue weighted by molar-refractivity contribution is 7.92. The Kier molecular flexibility index (Phi) is 10.3. The molecule has 1 N–H and O–H groups in total. The molecule has 0 bridgehead atoms. The summed E-state index contributed by atoms with van der Waals surface area (Å²) in [5.41, 5.74) is 1.93. The SMILES string of the molecule is CCS(=O)(=O)N(CC(=O)N(Cc1ccc(Cl)cc1)[C@H](Cc1ccccc1)C(=O)NC1CCCC1)c1ccc2c(c1)OCCO2. The molecule has 1 atom stereocenters. The summed E-state index contributed by atoms with van der Waals surface area (Å²) in [7, 11) is -3.90. The molecule has 0 unspecified atom stereocenters. The summed E-state index contributed by atoms with van der Waals surface area (Å²) >= 11 is 6.14. The number of anilines is 1. The van der Waals surface area contributed by atoms with E-state index in [4.69, 9.17) is 21.1 Å². The summed E-state index contributed by atoms with van der Waals surface area (Å²) in [6.45, 7) is 1.86. The fraction of sp³-hybridized carbons (Fsp3) is 0.394. The Morgan fingerprint density at radius 3 is 2.30 bits per heavy atom. The van der Waals surface area contributed by atoms with Crippen molar-refractivity contribution in [1.82, 2.24) is 10.2 Å². The molecule has 0 saturated heterocycles. The maximum absolute atomic E-state index is 14.4. The monoisotopic (exact) mass is 639 g/mol. The number of carbonyl (C=O) groups is 2. The number of nitrogens with zero attached hydrogens (tertiary/aromatic N) is 2. The Bertz CT molecular complexity index is 1550. The van der Waals surface area contributed by atoms with Gasteiger partial charge in [-0.1, -0.05) is 66.9 Å². The molecule has 234 valence electrons. The Morgan fingerprint density at radius 1 is 0.932 bits per heavy atom. The van der Waals surface area contributed by atoms with Gasteiger partial charge in [-0.2, -0.15) is 0 Å². The number of benzene rings is 3. The molecule has 2 amide bonds. The molecule has 1 heterocycles. The van der Waals surface area contributed by atoms with Gasteiger partial charge in [0.25, 0.3) is 0 Å². The fourth-order valence-electron chi connectivity index (χ4n) is 5.61. The van der Waals surface area contributed by atoms with E-state index in [0.29, 0.717) is 29.7 Å². The van der Waals surface area contributed by atoms with E-state index in [1.54, 1.807) is 42.5 Å². The summed E-state index contributed by atoms with van der Waals surface area (Å²) in [5.74, 6) is -0.0623. The third-order valence-corrected chi connectivity index (χ3v) is 10.0. The molecule has 0 aromatic heterocycles. The molecule has 2 aliphatic rings. The van der Waals surface area contributed by atoms with Crippen molar-refractivity contribution in [1.29, 1.82) is 0 Å². The molecular weight excluding hydrogens is 602 g/mol. The topological polar surface area (TPSA) is 105 Å². The zero-order chi connectivity index (χ0) is 31.1. The Balaban J connectivity index is 1.51. The smallest absolute Gasteiger partial charge is 0.244 e. The minimum atomic E-state index is -3.90. The molecule has 1 saturated carbocycles. The lowest BCUT2D eigenvalue weighted by atomic mass is 10.0. The molecule has 11 heteroatoms. The van der Waals surface area contributed by atoms with Crippen LogP contribution in [0.25, 0.3) is 0 Å². The van der Waals surface area contributed by atoms with E-state index >= 15 is 0 Å². The second kappa shape index (κ2) is 14.3. The van der Waals surface area contributed by atoms with Crippen LogP contribution < -0.4 is 19.1 Å². The normalized spacial score (nSPS) is 15.4. The van der Waals surface area contributed by atoms with E-state index in [9.17, 15) is 18.0 Å². The van der Waals surface area contributed by atoms with Gasteiger partial charge in [-0.05, 0) is 55.2 Å². The Hall–Kier alpha value is -3.76. The van der Waals surface area contributed by atoms with Gasteiger partial charge in [0.1, 0.15) is 25.8 Å². The molecular formula is C33H38ClN3O6S. The summed E-state index contributed by atoms with van der Waals surface area (Å²) in [6, 6.07) is 20.6. The lowest BCUT2D eigenvalue weighted by molar-refractivity contribution is -0.140. The molecule has 1 fully saturated rings. The number of fused-ring (bicyclic) bond motifs is 1. The van der Waals surface area contributed by atoms with Crippen LogP contribution in [0.4, 0.5) is 5.69 Å². The van der Waals surface area contributed by atoms with Gasteiger partial charge in [-0.3, -0.25) is 13.9 Å². The first-order valence-electron chi connectivity index (χ1n) is 15.0. The first-order valence-corrected chi connectivity index (χ1v) is 17.0. The molecule has 3 aromatic rings. The molecule has 3 aromatic carbocycles. The van der Waals surface area contributed by atoms with Crippen molar-refractivity contribution in [3.63, 3.8) is 0 Å². The van der Waals surface area contributed by atoms with Crippen LogP contribution >= 0.6 is 11.6 Å². The van der Waals surface area contributed by atoms with Crippen LogP contribution in [-0.4, -0.2) is 62.7 Å². The van der Waals surface area contributed by atoms with Crippen LogP contribution in [0.1, 0.15) is 43.7 Å². The van der Waals surface area contributed by atoms with E-state index in [0.717, 1.165) is 41.1 Å². The molecule has 5 rings (SSSR count). The largest absolute Gasteiger partial charge is 0.486 e. The third-order valence-electron chi connectivity index (χ3n) is 8.03. The van der Waals surface area contributed by atoms with E-state index in [2.05, 4.69) is 5.32 Å². The van der Waals surface area contributed by atoms with Gasteiger partial charge >= 0.3 is 0 Å². The van der Waals surface area contributed by atoms with Crippen LogP contribution in [0.2, 0.25) is 5.02 Å². The quantitative estimate of drug-likeness (QED) is 0.300. The first kappa shape index (κ1) is 31.7. The second-order valence-electron chi connectivity index (χ2n) is 11.1. The predicted molar refractivity (Wildman–Crippen MR) is 171 cm³/mol. The van der Waals surface area contributed by atoms with Gasteiger partial charge in [0.05, 0.1) is 11.4 Å². The number of hydrogen-bond donors (Lipinski definition) is 1. The minimum absolute atomic E-state index is 0.0444. The standard InChI is InChI=1S/C33H38ClN3O6S/c1-2-44(40,41)37(28-16-17-30-31(21-28)43-19-18-42-30)23-32(38)36(22-25-12-14-26(34)15-13-25)29(20-24-8-4-3-5-9-24)33(39)35-27-10-6-7-11-27/h3-5,8-9,12-17,21,27,29H,2,6-7,10-11,18-20,22-23H2,1H3,(H,35,39)/t29-/m1/s1. The fourth-order valence-corrected chi connectivity index (χ4v) is 6.79. The van der Waals surface area contributed by atoms with E-state index < -0.39 is 28.5 Å². The van der Waals surface area contributed by atoms with Crippen molar-refractivity contribution >= 4 is 39.1 Å². The zero-order valence-electron chi connectivity index (χ0n) is 24.8. The molecule has 0 spiro atoms. The van der Waals surface area contributed by atoms with Crippen LogP contribution in [0.15, 0.2) is 72.8 Å². The van der Waals surface area contributed by atoms with Crippen molar-refractivity contribution in [3.8, 4) is 11.5 Å². The highest BCUT2D eigenvalue weighted by atomic mass is 35.5. The first-order chi connectivity index (χ1) is 21.2. The molecule has 1 aliphatic heterocycles. The maximum atomic E-state index is 14.4. The Labute approximate surface area is 264 Å². The van der Waals surface area contributed by atoms with E-state index in [1.165, 1.54) is 11.8 Å². The van der Waals surface area contributed by atoms with Crippen molar-refractivity contribution < 1.29 is 27.5 Å². The number of ether oxygens (including phenoxy) is 2. The van der Waals surface area contributed by atoms with Crippen molar-refractivity contribution in [2.24, 2.45) is 0 Å². The van der Waals surface area contributed by atoms with Gasteiger partial charge < -0.3 is 19.7 Å². The number of hydrogen-bond acceptors (Lipinski definition) is 6. The number of sulfonamides is 1. The summed E-state index contributed by atoms with van der Waals surface area (Å²) in [6.07, 6.45) is 4.13. The van der Waals surface area contributed by atoms with Gasteiger partial charge in [0.15, 0.2) is 11.5 Å². The number of rotatable bonds is 12. The van der Waals surface area contributed by atoms with Crippen LogP contribution in [0, 0.1) is 0 Å². The van der Waals surface area contributed by atoms with E-state index in [1.807, 2.05) is 30.3 Å². The molecule has 1 aliphatic carbocycles. The van der Waals surface area contributed by atoms with Gasteiger partial charge in [0, 0.05) is 30.1 Å². The van der Waals surface area contributed by atoms with Gasteiger partial charge in [-0.15, -0.1) is 0 Å². The summed E-state index contributed by atoms with van der Waals surface area (Å²) < 4.78 is 39.3.